The van der Waals surface area contributed by atoms with Gasteiger partial charge in [0.15, 0.2) is 0 Å². The monoisotopic (exact) mass is 196 g/mol. The number of hydrogen-bond donors (Lipinski definition) is 2. The predicted molar refractivity (Wildman–Crippen MR) is 55.9 cm³/mol. The molecule has 1 aliphatic carbocycles. The van der Waals surface area contributed by atoms with E-state index in [2.05, 4.69) is 10.6 Å². The number of amides is 1. The van der Waals surface area contributed by atoms with E-state index >= 15 is 0 Å². The van der Waals surface area contributed by atoms with Crippen molar-refractivity contribution in [3.05, 3.63) is 0 Å². The van der Waals surface area contributed by atoms with E-state index in [4.69, 9.17) is 0 Å². The van der Waals surface area contributed by atoms with Gasteiger partial charge in [0.25, 0.3) is 0 Å². The van der Waals surface area contributed by atoms with Crippen molar-refractivity contribution in [1.82, 2.24) is 10.6 Å². The zero-order valence-corrected chi connectivity index (χ0v) is 8.72. The molecule has 1 saturated carbocycles. The van der Waals surface area contributed by atoms with Crippen LogP contribution in [-0.4, -0.2) is 25.5 Å². The first-order valence-electron chi connectivity index (χ1n) is 5.84. The molecule has 1 aliphatic heterocycles. The smallest absolute Gasteiger partial charge is 0.223 e. The molecule has 1 heterocycles. The Morgan fingerprint density at radius 1 is 1.21 bits per heavy atom. The van der Waals surface area contributed by atoms with Gasteiger partial charge < -0.3 is 10.6 Å². The van der Waals surface area contributed by atoms with Gasteiger partial charge in [0.05, 0.1) is 0 Å². The third kappa shape index (κ3) is 2.98. The Morgan fingerprint density at radius 3 is 2.57 bits per heavy atom. The van der Waals surface area contributed by atoms with Crippen LogP contribution in [0.1, 0.15) is 32.1 Å². The molecule has 2 rings (SSSR count). The topological polar surface area (TPSA) is 41.1 Å². The molecule has 0 unspecified atom stereocenters. The highest BCUT2D eigenvalue weighted by atomic mass is 16.2. The van der Waals surface area contributed by atoms with Crippen molar-refractivity contribution in [3.8, 4) is 0 Å². The maximum absolute atomic E-state index is 11.3. The van der Waals surface area contributed by atoms with Gasteiger partial charge in [0, 0.05) is 12.5 Å². The molecule has 0 aromatic rings. The van der Waals surface area contributed by atoms with Crippen molar-refractivity contribution in [1.29, 1.82) is 0 Å². The lowest BCUT2D eigenvalue weighted by atomic mass is 9.95. The predicted octanol–water partition coefficient (Wildman–Crippen LogP) is 0.902. The van der Waals surface area contributed by atoms with Gasteiger partial charge in [-0.25, -0.2) is 0 Å². The van der Waals surface area contributed by atoms with Crippen molar-refractivity contribution in [2.45, 2.75) is 32.1 Å². The van der Waals surface area contributed by atoms with Gasteiger partial charge in [0.2, 0.25) is 5.91 Å². The van der Waals surface area contributed by atoms with E-state index in [-0.39, 0.29) is 0 Å². The number of hydrogen-bond acceptors (Lipinski definition) is 2. The highest BCUT2D eigenvalue weighted by Crippen LogP contribution is 2.28. The second-order valence-electron chi connectivity index (χ2n) is 4.55. The molecule has 3 nitrogen and oxygen atoms in total. The van der Waals surface area contributed by atoms with E-state index in [1.165, 1.54) is 19.3 Å². The standard InChI is InChI=1S/C11H20N2O/c14-11(10-1-2-10)13-8-5-9-3-6-12-7-4-9/h9-10,12H,1-8H2,(H,13,14). The maximum Gasteiger partial charge on any atom is 0.223 e. The molecule has 2 fully saturated rings. The summed E-state index contributed by atoms with van der Waals surface area (Å²) in [4.78, 5) is 11.3. The number of carbonyl (C=O) groups excluding carboxylic acids is 1. The summed E-state index contributed by atoms with van der Waals surface area (Å²) in [5.74, 6) is 1.48. The van der Waals surface area contributed by atoms with Crippen molar-refractivity contribution in [3.63, 3.8) is 0 Å². The van der Waals surface area contributed by atoms with E-state index < -0.39 is 0 Å². The summed E-state index contributed by atoms with van der Waals surface area (Å²) >= 11 is 0. The fraction of sp³-hybridized carbons (Fsp3) is 0.909. The number of nitrogens with one attached hydrogen (secondary N) is 2. The lowest BCUT2D eigenvalue weighted by Gasteiger charge is -2.22. The molecule has 1 saturated heterocycles. The molecule has 2 aliphatic rings. The molecule has 0 spiro atoms. The minimum Gasteiger partial charge on any atom is -0.356 e. The number of carbonyl (C=O) groups is 1. The van der Waals surface area contributed by atoms with Gasteiger partial charge in [-0.05, 0) is 51.1 Å². The minimum absolute atomic E-state index is 0.291. The third-order valence-electron chi connectivity index (χ3n) is 3.26. The van der Waals surface area contributed by atoms with E-state index in [0.717, 1.165) is 38.4 Å². The van der Waals surface area contributed by atoms with Gasteiger partial charge in [0.1, 0.15) is 0 Å². The normalized spacial score (nSPS) is 23.4. The summed E-state index contributed by atoms with van der Waals surface area (Å²) in [5, 5.41) is 6.39. The summed E-state index contributed by atoms with van der Waals surface area (Å²) in [6, 6.07) is 0. The Morgan fingerprint density at radius 2 is 1.93 bits per heavy atom. The highest BCUT2D eigenvalue weighted by molar-refractivity contribution is 5.80. The fourth-order valence-corrected chi connectivity index (χ4v) is 2.06. The summed E-state index contributed by atoms with van der Waals surface area (Å²) in [7, 11) is 0. The second kappa shape index (κ2) is 4.78. The van der Waals surface area contributed by atoms with Crippen LogP contribution in [0.25, 0.3) is 0 Å². The zero-order chi connectivity index (χ0) is 9.80. The van der Waals surface area contributed by atoms with E-state index in [1.54, 1.807) is 0 Å². The molecule has 3 heteroatoms. The van der Waals surface area contributed by atoms with Crippen molar-refractivity contribution in [2.24, 2.45) is 11.8 Å². The van der Waals surface area contributed by atoms with E-state index in [0.29, 0.717) is 11.8 Å². The molecule has 14 heavy (non-hydrogen) atoms. The van der Waals surface area contributed by atoms with Gasteiger partial charge in [-0.3, -0.25) is 4.79 Å². The van der Waals surface area contributed by atoms with Crippen LogP contribution in [0.2, 0.25) is 0 Å². The average Bonchev–Trinajstić information content (AvgIpc) is 3.02. The van der Waals surface area contributed by atoms with Crippen LogP contribution >= 0.6 is 0 Å². The highest BCUT2D eigenvalue weighted by Gasteiger charge is 2.29. The van der Waals surface area contributed by atoms with Crippen LogP contribution in [0, 0.1) is 11.8 Å². The van der Waals surface area contributed by atoms with Crippen LogP contribution in [0.5, 0.6) is 0 Å². The first-order chi connectivity index (χ1) is 6.86. The van der Waals surface area contributed by atoms with Crippen LogP contribution in [0.4, 0.5) is 0 Å². The van der Waals surface area contributed by atoms with E-state index in [1.807, 2.05) is 0 Å². The van der Waals surface area contributed by atoms with Gasteiger partial charge in [-0.1, -0.05) is 0 Å². The Kier molecular flexibility index (Phi) is 3.40. The SMILES string of the molecule is O=C(NCCC1CCNCC1)C1CC1. The molecule has 0 atom stereocenters. The molecular weight excluding hydrogens is 176 g/mol. The molecule has 2 N–H and O–H groups in total. The quantitative estimate of drug-likeness (QED) is 0.701. The van der Waals surface area contributed by atoms with Crippen LogP contribution in [0.3, 0.4) is 0 Å². The Hall–Kier alpha value is -0.570. The Balaban J connectivity index is 1.54. The molecule has 80 valence electrons. The summed E-state index contributed by atoms with van der Waals surface area (Å²) < 4.78 is 0. The van der Waals surface area contributed by atoms with Crippen LogP contribution < -0.4 is 10.6 Å². The van der Waals surface area contributed by atoms with Crippen LogP contribution in [0.15, 0.2) is 0 Å². The Labute approximate surface area is 85.6 Å². The molecule has 0 radical (unpaired) electrons. The largest absolute Gasteiger partial charge is 0.356 e. The van der Waals surface area contributed by atoms with Crippen molar-refractivity contribution in [2.75, 3.05) is 19.6 Å². The lowest BCUT2D eigenvalue weighted by Crippen LogP contribution is -2.31. The molecule has 0 aromatic heterocycles. The average molecular weight is 196 g/mol. The van der Waals surface area contributed by atoms with Crippen molar-refractivity contribution >= 4 is 5.91 Å². The molecular formula is C11H20N2O. The molecule has 1 amide bonds. The van der Waals surface area contributed by atoms with Crippen molar-refractivity contribution < 1.29 is 4.79 Å². The van der Waals surface area contributed by atoms with Crippen LogP contribution in [-0.2, 0) is 4.79 Å². The first kappa shape index (κ1) is 9.97. The minimum atomic E-state index is 0.291. The van der Waals surface area contributed by atoms with Gasteiger partial charge >= 0.3 is 0 Å². The summed E-state index contributed by atoms with van der Waals surface area (Å²) in [6.07, 6.45) is 5.94. The Bertz CT molecular complexity index is 195. The summed E-state index contributed by atoms with van der Waals surface area (Å²) in [6.45, 7) is 3.20. The lowest BCUT2D eigenvalue weighted by molar-refractivity contribution is -0.122. The number of piperidine rings is 1. The van der Waals surface area contributed by atoms with E-state index in [9.17, 15) is 4.79 Å². The molecule has 0 bridgehead atoms. The van der Waals surface area contributed by atoms with Gasteiger partial charge in [-0.2, -0.15) is 0 Å². The second-order valence-corrected chi connectivity index (χ2v) is 4.55. The third-order valence-corrected chi connectivity index (χ3v) is 3.26. The number of rotatable bonds is 4. The van der Waals surface area contributed by atoms with Gasteiger partial charge in [-0.15, -0.1) is 0 Å². The summed E-state index contributed by atoms with van der Waals surface area (Å²) in [5.41, 5.74) is 0. The zero-order valence-electron chi connectivity index (χ0n) is 8.72. The first-order valence-corrected chi connectivity index (χ1v) is 5.84. The maximum atomic E-state index is 11.3. The fourth-order valence-electron chi connectivity index (χ4n) is 2.06. The molecule has 0 aromatic carbocycles.